The number of phenols is 1. The van der Waals surface area contributed by atoms with E-state index in [9.17, 15) is 13.6 Å². The van der Waals surface area contributed by atoms with Gasteiger partial charge in [0.15, 0.2) is 17.4 Å². The number of rotatable bonds is 8. The minimum atomic E-state index is -0.963. The van der Waals surface area contributed by atoms with Gasteiger partial charge in [-0.2, -0.15) is 0 Å². The lowest BCUT2D eigenvalue weighted by Gasteiger charge is -2.13. The molecule has 0 aromatic heterocycles. The van der Waals surface area contributed by atoms with E-state index in [1.807, 2.05) is 32.9 Å². The van der Waals surface area contributed by atoms with Crippen molar-refractivity contribution in [3.63, 3.8) is 0 Å². The number of hydrogen-bond acceptors (Lipinski definition) is 2. The van der Waals surface area contributed by atoms with Crippen molar-refractivity contribution >= 4 is 5.97 Å². The third-order valence-corrected chi connectivity index (χ3v) is 3.25. The number of unbranched alkanes of at least 4 members (excludes halogenated alkanes) is 1. The highest BCUT2D eigenvalue weighted by atomic mass is 19.1. The normalized spacial score (nSPS) is 11.9. The number of hydrogen-bond donors (Lipinski definition) is 2. The molecule has 3 nitrogen and oxygen atoms in total. The molecule has 0 radical (unpaired) electrons. The van der Waals surface area contributed by atoms with Crippen LogP contribution in [0.25, 0.3) is 0 Å². The minimum absolute atomic E-state index is 0.0899. The van der Waals surface area contributed by atoms with Crippen LogP contribution >= 0.6 is 0 Å². The fourth-order valence-corrected chi connectivity index (χ4v) is 2.26. The van der Waals surface area contributed by atoms with Gasteiger partial charge in [0.2, 0.25) is 0 Å². The van der Waals surface area contributed by atoms with E-state index in [4.69, 9.17) is 10.2 Å². The Hall–Kier alpha value is -1.91. The first-order chi connectivity index (χ1) is 10.9. The van der Waals surface area contributed by atoms with Crippen LogP contribution in [-0.4, -0.2) is 16.2 Å². The molecule has 0 aliphatic carbocycles. The molecule has 1 aromatic carbocycles. The molecule has 1 unspecified atom stereocenters. The molecule has 2 N–H and O–H groups in total. The summed E-state index contributed by atoms with van der Waals surface area (Å²) in [6, 6.07) is 2.26. The maximum absolute atomic E-state index is 13.3. The number of aliphatic carboxylic acids is 1. The number of carboxylic acid groups (broad SMARTS) is 1. The van der Waals surface area contributed by atoms with E-state index >= 15 is 0 Å². The SMILES string of the molecule is C/C=C/C(CCCCC(=O)O)Cc1cc(F)c(O)c(F)c1.CC. The molecule has 1 atom stereocenters. The molecule has 0 amide bonds. The highest BCUT2D eigenvalue weighted by Crippen LogP contribution is 2.24. The van der Waals surface area contributed by atoms with Gasteiger partial charge in [-0.05, 0) is 49.8 Å². The van der Waals surface area contributed by atoms with E-state index in [1.54, 1.807) is 0 Å². The number of carboxylic acids is 1. The van der Waals surface area contributed by atoms with Gasteiger partial charge in [0.1, 0.15) is 0 Å². The maximum atomic E-state index is 13.3. The Morgan fingerprint density at radius 2 is 1.78 bits per heavy atom. The number of aromatic hydroxyl groups is 1. The zero-order chi connectivity index (χ0) is 17.8. The van der Waals surface area contributed by atoms with Crippen molar-refractivity contribution in [2.45, 2.75) is 52.9 Å². The standard InChI is InChI=1S/C16H20F2O3.C2H6/c1-2-5-11(6-3-4-7-15(19)20)8-12-9-13(17)16(21)14(18)10-12;1-2/h2,5,9-11,21H,3-4,6-8H2,1H3,(H,19,20);1-2H3/b5-2+;. The van der Waals surface area contributed by atoms with Crippen molar-refractivity contribution in [2.24, 2.45) is 5.92 Å². The molecule has 1 rings (SSSR count). The third-order valence-electron chi connectivity index (χ3n) is 3.25. The summed E-state index contributed by atoms with van der Waals surface area (Å²) in [7, 11) is 0. The van der Waals surface area contributed by atoms with Gasteiger partial charge in [-0.1, -0.05) is 32.4 Å². The molecule has 23 heavy (non-hydrogen) atoms. The van der Waals surface area contributed by atoms with Crippen LogP contribution < -0.4 is 0 Å². The zero-order valence-corrected chi connectivity index (χ0v) is 14.0. The lowest BCUT2D eigenvalue weighted by atomic mass is 9.93. The van der Waals surface area contributed by atoms with Gasteiger partial charge in [0.05, 0.1) is 0 Å². The van der Waals surface area contributed by atoms with Gasteiger partial charge in [-0.15, -0.1) is 0 Å². The highest BCUT2D eigenvalue weighted by Gasteiger charge is 2.13. The van der Waals surface area contributed by atoms with E-state index in [0.717, 1.165) is 25.0 Å². The molecule has 0 heterocycles. The number of phenolic OH excluding ortho intramolecular Hbond substituents is 1. The van der Waals surface area contributed by atoms with E-state index in [0.29, 0.717) is 18.4 Å². The molecular formula is C18H26F2O3. The predicted molar refractivity (Wildman–Crippen MR) is 87.5 cm³/mol. The molecule has 1 aromatic rings. The lowest BCUT2D eigenvalue weighted by Crippen LogP contribution is -2.04. The van der Waals surface area contributed by atoms with Gasteiger partial charge >= 0.3 is 5.97 Å². The largest absolute Gasteiger partial charge is 0.503 e. The van der Waals surface area contributed by atoms with Crippen LogP contribution in [-0.2, 0) is 11.2 Å². The molecule has 0 saturated heterocycles. The van der Waals surface area contributed by atoms with Crippen molar-refractivity contribution in [1.29, 1.82) is 0 Å². The van der Waals surface area contributed by atoms with Crippen LogP contribution in [0.2, 0.25) is 0 Å². The van der Waals surface area contributed by atoms with Crippen LogP contribution in [0.15, 0.2) is 24.3 Å². The van der Waals surface area contributed by atoms with Crippen molar-refractivity contribution in [3.8, 4) is 5.75 Å². The van der Waals surface area contributed by atoms with Crippen LogP contribution in [0.3, 0.4) is 0 Å². The average molecular weight is 328 g/mol. The Bertz CT molecular complexity index is 490. The molecule has 0 bridgehead atoms. The Balaban J connectivity index is 0.00000232. The topological polar surface area (TPSA) is 57.5 Å². The Morgan fingerprint density at radius 3 is 2.26 bits per heavy atom. The first-order valence-electron chi connectivity index (χ1n) is 7.95. The van der Waals surface area contributed by atoms with E-state index in [2.05, 4.69) is 0 Å². The predicted octanol–water partition coefficient (Wildman–Crippen LogP) is 5.08. The van der Waals surface area contributed by atoms with Gasteiger partial charge in [0.25, 0.3) is 0 Å². The second-order valence-electron chi connectivity index (χ2n) is 5.04. The molecular weight excluding hydrogens is 302 g/mol. The summed E-state index contributed by atoms with van der Waals surface area (Å²) in [5.74, 6) is -3.61. The van der Waals surface area contributed by atoms with Crippen molar-refractivity contribution in [1.82, 2.24) is 0 Å². The maximum Gasteiger partial charge on any atom is 0.303 e. The van der Waals surface area contributed by atoms with Gasteiger partial charge < -0.3 is 10.2 Å². The summed E-state index contributed by atoms with van der Waals surface area (Å²) in [5, 5.41) is 17.7. The quantitative estimate of drug-likeness (QED) is 0.517. The first kappa shape index (κ1) is 21.1. The summed E-state index contributed by atoms with van der Waals surface area (Å²) in [5.41, 5.74) is 0.476. The van der Waals surface area contributed by atoms with E-state index < -0.39 is 23.4 Å². The van der Waals surface area contributed by atoms with E-state index in [1.165, 1.54) is 0 Å². The number of carbonyl (C=O) groups is 1. The number of halogens is 2. The zero-order valence-electron chi connectivity index (χ0n) is 14.0. The fourth-order valence-electron chi connectivity index (χ4n) is 2.26. The lowest BCUT2D eigenvalue weighted by molar-refractivity contribution is -0.137. The Labute approximate surface area is 136 Å². The van der Waals surface area contributed by atoms with Gasteiger partial charge in [-0.3, -0.25) is 4.79 Å². The van der Waals surface area contributed by atoms with Crippen molar-refractivity contribution < 1.29 is 23.8 Å². The van der Waals surface area contributed by atoms with Crippen LogP contribution in [0, 0.1) is 17.6 Å². The van der Waals surface area contributed by atoms with Crippen LogP contribution in [0.1, 0.15) is 52.0 Å². The Morgan fingerprint density at radius 1 is 1.22 bits per heavy atom. The molecule has 130 valence electrons. The van der Waals surface area contributed by atoms with Crippen molar-refractivity contribution in [2.75, 3.05) is 0 Å². The second kappa shape index (κ2) is 11.6. The second-order valence-corrected chi connectivity index (χ2v) is 5.04. The molecule has 5 heteroatoms. The molecule has 0 fully saturated rings. The van der Waals surface area contributed by atoms with E-state index in [-0.39, 0.29) is 12.3 Å². The molecule has 0 saturated carbocycles. The van der Waals surface area contributed by atoms with Crippen molar-refractivity contribution in [3.05, 3.63) is 41.5 Å². The average Bonchev–Trinajstić information content (AvgIpc) is 2.51. The molecule has 0 aliphatic heterocycles. The van der Waals surface area contributed by atoms with Gasteiger partial charge in [-0.25, -0.2) is 8.78 Å². The van der Waals surface area contributed by atoms with Gasteiger partial charge in [0, 0.05) is 6.42 Å². The summed E-state index contributed by atoms with van der Waals surface area (Å²) in [6.07, 6.45) is 6.47. The minimum Gasteiger partial charge on any atom is -0.503 e. The molecule has 0 spiro atoms. The smallest absolute Gasteiger partial charge is 0.303 e. The number of allylic oxidation sites excluding steroid dienone is 2. The first-order valence-corrected chi connectivity index (χ1v) is 7.95. The Kier molecular flexibility index (Phi) is 10.7. The summed E-state index contributed by atoms with van der Waals surface area (Å²) >= 11 is 0. The third kappa shape index (κ3) is 8.33. The van der Waals surface area contributed by atoms with Crippen LogP contribution in [0.4, 0.5) is 8.78 Å². The summed E-state index contributed by atoms with van der Waals surface area (Å²) in [4.78, 5) is 10.4. The summed E-state index contributed by atoms with van der Waals surface area (Å²) < 4.78 is 26.6. The molecule has 0 aliphatic rings. The van der Waals surface area contributed by atoms with Crippen LogP contribution in [0.5, 0.6) is 5.75 Å². The summed E-state index contributed by atoms with van der Waals surface area (Å²) in [6.45, 7) is 5.86. The monoisotopic (exact) mass is 328 g/mol. The highest BCUT2D eigenvalue weighted by molar-refractivity contribution is 5.66. The fraction of sp³-hybridized carbons (Fsp3) is 0.500. The number of benzene rings is 1.